The molecule has 0 radical (unpaired) electrons. The van der Waals surface area contributed by atoms with Crippen LogP contribution in [0, 0.1) is 6.92 Å². The van der Waals surface area contributed by atoms with E-state index in [2.05, 4.69) is 140 Å². The van der Waals surface area contributed by atoms with Gasteiger partial charge in [0.05, 0.1) is 22.9 Å². The molecule has 0 aliphatic rings. The van der Waals surface area contributed by atoms with Crippen LogP contribution in [0.5, 0.6) is 11.5 Å². The Labute approximate surface area is 296 Å². The minimum Gasteiger partial charge on any atom is -0.457 e. The molecule has 5 heteroatoms. The molecule has 0 unspecified atom stereocenters. The number of rotatable bonds is 7. The van der Waals surface area contributed by atoms with Gasteiger partial charge in [0.2, 0.25) is 0 Å². The van der Waals surface area contributed by atoms with Crippen molar-refractivity contribution in [3.8, 4) is 34.1 Å². The fourth-order valence-corrected chi connectivity index (χ4v) is 7.54. The smallest absolute Gasteiger partial charge is 0.137 e. The van der Waals surface area contributed by atoms with Crippen LogP contribution in [0.15, 0.2) is 104 Å². The highest BCUT2D eigenvalue weighted by Gasteiger charge is 2.31. The first-order chi connectivity index (χ1) is 23.9. The van der Waals surface area contributed by atoms with E-state index in [0.29, 0.717) is 0 Å². The zero-order valence-electron chi connectivity index (χ0n) is 30.9. The zero-order chi connectivity index (χ0) is 35.4. The molecule has 0 spiro atoms. The average molecular weight is 661 g/mol. The van der Waals surface area contributed by atoms with Gasteiger partial charge in [-0.05, 0) is 106 Å². The van der Waals surface area contributed by atoms with Crippen molar-refractivity contribution in [2.45, 2.75) is 86.0 Å². The number of hydrogen-bond acceptors (Lipinski definition) is 3. The third kappa shape index (κ3) is 6.00. The van der Waals surface area contributed by atoms with E-state index in [-0.39, 0.29) is 10.8 Å². The lowest BCUT2D eigenvalue weighted by Gasteiger charge is -2.33. The molecule has 254 valence electrons. The van der Waals surface area contributed by atoms with E-state index in [4.69, 9.17) is 14.8 Å². The number of fused-ring (bicyclic) bond motifs is 3. The predicted molar refractivity (Wildman–Crippen MR) is 209 cm³/mol. The molecule has 0 fully saturated rings. The molecule has 7 rings (SSSR count). The Hall–Kier alpha value is -5.16. The quantitative estimate of drug-likeness (QED) is 0.171. The topological polar surface area (TPSA) is 44.9 Å². The normalized spacial score (nSPS) is 12.3. The molecular formula is C45H48N4O. The second-order valence-corrected chi connectivity index (χ2v) is 15.5. The lowest BCUT2D eigenvalue weighted by molar-refractivity contribution is 0.483. The van der Waals surface area contributed by atoms with Crippen LogP contribution in [-0.4, -0.2) is 19.3 Å². The van der Waals surface area contributed by atoms with Crippen molar-refractivity contribution in [2.75, 3.05) is 0 Å². The van der Waals surface area contributed by atoms with Crippen molar-refractivity contribution in [3.05, 3.63) is 131 Å². The molecule has 4 aromatic carbocycles. The molecule has 0 aliphatic carbocycles. The van der Waals surface area contributed by atoms with Crippen LogP contribution in [0.1, 0.15) is 83.2 Å². The van der Waals surface area contributed by atoms with Crippen molar-refractivity contribution in [1.29, 1.82) is 0 Å². The molecule has 3 aromatic heterocycles. The SMILES string of the molecule is CCc1cc(C(C)(C)C)c(-c2cnn(-c3cccc(Oc4ccc5c6ccccc6n(-c6cc(C)ccn6)c5c4)c3)c2)c(C(C)(C)C)c1CC. The number of nitrogens with zero attached hydrogens (tertiary/aromatic N) is 4. The van der Waals surface area contributed by atoms with Gasteiger partial charge in [-0.1, -0.05) is 85.7 Å². The van der Waals surface area contributed by atoms with Crippen molar-refractivity contribution in [3.63, 3.8) is 0 Å². The molecule has 3 heterocycles. The number of benzene rings is 4. The average Bonchev–Trinajstić information content (AvgIpc) is 3.70. The Kier molecular flexibility index (Phi) is 8.42. The van der Waals surface area contributed by atoms with Gasteiger partial charge < -0.3 is 4.74 Å². The maximum absolute atomic E-state index is 6.56. The van der Waals surface area contributed by atoms with E-state index < -0.39 is 0 Å². The zero-order valence-corrected chi connectivity index (χ0v) is 30.9. The van der Waals surface area contributed by atoms with Gasteiger partial charge in [0.15, 0.2) is 0 Å². The second-order valence-electron chi connectivity index (χ2n) is 15.5. The molecule has 0 amide bonds. The van der Waals surface area contributed by atoms with E-state index in [1.54, 1.807) is 0 Å². The molecule has 0 N–H and O–H groups in total. The molecule has 0 aliphatic heterocycles. The monoisotopic (exact) mass is 660 g/mol. The molecular weight excluding hydrogens is 613 g/mol. The largest absolute Gasteiger partial charge is 0.457 e. The first kappa shape index (κ1) is 33.3. The summed E-state index contributed by atoms with van der Waals surface area (Å²) >= 11 is 0. The number of hydrogen-bond donors (Lipinski definition) is 0. The number of aryl methyl sites for hydroxylation is 2. The van der Waals surface area contributed by atoms with E-state index in [0.717, 1.165) is 57.8 Å². The molecule has 0 saturated carbocycles. The van der Waals surface area contributed by atoms with Gasteiger partial charge in [0.25, 0.3) is 0 Å². The molecule has 0 bridgehead atoms. The van der Waals surface area contributed by atoms with Gasteiger partial charge in [0.1, 0.15) is 17.3 Å². The van der Waals surface area contributed by atoms with Gasteiger partial charge in [-0.2, -0.15) is 5.10 Å². The first-order valence-corrected chi connectivity index (χ1v) is 17.9. The lowest BCUT2D eigenvalue weighted by atomic mass is 9.71. The summed E-state index contributed by atoms with van der Waals surface area (Å²) in [6.45, 7) is 20.7. The number of para-hydroxylation sites is 1. The predicted octanol–water partition coefficient (Wildman–Crippen LogP) is 11.9. The van der Waals surface area contributed by atoms with Crippen LogP contribution >= 0.6 is 0 Å². The van der Waals surface area contributed by atoms with Crippen molar-refractivity contribution >= 4 is 21.8 Å². The highest BCUT2D eigenvalue weighted by molar-refractivity contribution is 6.09. The molecule has 5 nitrogen and oxygen atoms in total. The van der Waals surface area contributed by atoms with Gasteiger partial charge >= 0.3 is 0 Å². The van der Waals surface area contributed by atoms with E-state index in [1.165, 1.54) is 38.8 Å². The first-order valence-electron chi connectivity index (χ1n) is 17.9. The Balaban J connectivity index is 1.28. The minimum atomic E-state index is -0.0242. The number of ether oxygens (including phenoxy) is 1. The Morgan fingerprint density at radius 1 is 0.720 bits per heavy atom. The fraction of sp³-hybridized carbons (Fsp3) is 0.289. The van der Waals surface area contributed by atoms with Gasteiger partial charge in [-0.25, -0.2) is 9.67 Å². The summed E-state index contributed by atoms with van der Waals surface area (Å²) in [7, 11) is 0. The van der Waals surface area contributed by atoms with E-state index in [1.807, 2.05) is 35.3 Å². The van der Waals surface area contributed by atoms with Crippen LogP contribution in [0.25, 0.3) is 44.4 Å². The van der Waals surface area contributed by atoms with Crippen molar-refractivity contribution in [2.24, 2.45) is 0 Å². The standard InChI is InChI=1S/C45H48N4O/c1-10-30-24-38(44(4,5)6)42(43(35(30)11-2)45(7,8)9)31-27-47-48(28-31)32-15-14-16-33(25-32)50-34-19-20-37-36-17-12-13-18-39(36)49(40(37)26-34)41-23-29(3)21-22-46-41/h12-28H,10-11H2,1-9H3. The Morgan fingerprint density at radius 3 is 2.20 bits per heavy atom. The third-order valence-corrected chi connectivity index (χ3v) is 9.78. The summed E-state index contributed by atoms with van der Waals surface area (Å²) in [5, 5.41) is 7.28. The fourth-order valence-electron chi connectivity index (χ4n) is 7.54. The molecule has 50 heavy (non-hydrogen) atoms. The summed E-state index contributed by atoms with van der Waals surface area (Å²) in [6, 6.07) is 29.6. The highest BCUT2D eigenvalue weighted by atomic mass is 16.5. The summed E-state index contributed by atoms with van der Waals surface area (Å²) in [5.74, 6) is 2.41. The lowest BCUT2D eigenvalue weighted by Crippen LogP contribution is -2.22. The van der Waals surface area contributed by atoms with Crippen LogP contribution in [-0.2, 0) is 23.7 Å². The van der Waals surface area contributed by atoms with E-state index >= 15 is 0 Å². The molecule has 7 aromatic rings. The van der Waals surface area contributed by atoms with Gasteiger partial charge in [-0.15, -0.1) is 0 Å². The van der Waals surface area contributed by atoms with Crippen LogP contribution in [0.2, 0.25) is 0 Å². The maximum Gasteiger partial charge on any atom is 0.137 e. The van der Waals surface area contributed by atoms with Crippen molar-refractivity contribution < 1.29 is 4.74 Å². The maximum atomic E-state index is 6.56. The summed E-state index contributed by atoms with van der Waals surface area (Å²) in [6.07, 6.45) is 8.12. The number of aromatic nitrogens is 4. The Bertz CT molecular complexity index is 2360. The summed E-state index contributed by atoms with van der Waals surface area (Å²) in [4.78, 5) is 4.73. The highest BCUT2D eigenvalue weighted by Crippen LogP contribution is 2.44. The minimum absolute atomic E-state index is 0.0239. The Morgan fingerprint density at radius 2 is 1.48 bits per heavy atom. The van der Waals surface area contributed by atoms with Crippen LogP contribution < -0.4 is 4.74 Å². The third-order valence-electron chi connectivity index (χ3n) is 9.78. The molecule has 0 atom stereocenters. The van der Waals surface area contributed by atoms with Crippen LogP contribution in [0.4, 0.5) is 0 Å². The molecule has 0 saturated heterocycles. The number of pyridine rings is 1. The summed E-state index contributed by atoms with van der Waals surface area (Å²) in [5.41, 5.74) is 12.5. The van der Waals surface area contributed by atoms with Crippen LogP contribution in [0.3, 0.4) is 0 Å². The van der Waals surface area contributed by atoms with Crippen molar-refractivity contribution in [1.82, 2.24) is 19.3 Å². The second kappa shape index (κ2) is 12.6. The van der Waals surface area contributed by atoms with E-state index in [9.17, 15) is 0 Å². The summed E-state index contributed by atoms with van der Waals surface area (Å²) < 4.78 is 10.8. The van der Waals surface area contributed by atoms with Gasteiger partial charge in [0, 0.05) is 40.9 Å². The van der Waals surface area contributed by atoms with Gasteiger partial charge in [-0.3, -0.25) is 4.57 Å².